The Morgan fingerprint density at radius 3 is 2.68 bits per heavy atom. The topological polar surface area (TPSA) is 64.6 Å². The molecule has 1 fully saturated rings. The first-order valence-electron chi connectivity index (χ1n) is 7.76. The summed E-state index contributed by atoms with van der Waals surface area (Å²) < 4.78 is 10.3. The number of para-hydroxylation sites is 1. The second-order valence-electron chi connectivity index (χ2n) is 5.50. The van der Waals surface area contributed by atoms with Crippen molar-refractivity contribution in [3.05, 3.63) is 29.8 Å². The van der Waals surface area contributed by atoms with E-state index in [1.807, 2.05) is 24.3 Å². The zero-order valence-corrected chi connectivity index (χ0v) is 13.0. The van der Waals surface area contributed by atoms with Crippen molar-refractivity contribution < 1.29 is 19.1 Å². The van der Waals surface area contributed by atoms with E-state index in [4.69, 9.17) is 9.47 Å². The summed E-state index contributed by atoms with van der Waals surface area (Å²) in [6, 6.07) is 7.69. The first-order valence-corrected chi connectivity index (χ1v) is 7.76. The number of carbonyl (C=O) groups is 2. The van der Waals surface area contributed by atoms with E-state index in [0.717, 1.165) is 37.0 Å². The maximum atomic E-state index is 11.7. The molecule has 0 aliphatic heterocycles. The molecule has 0 bridgehead atoms. The maximum Gasteiger partial charge on any atom is 0.309 e. The van der Waals surface area contributed by atoms with Crippen LogP contribution in [-0.2, 0) is 20.7 Å². The first-order chi connectivity index (χ1) is 10.7. The van der Waals surface area contributed by atoms with Crippen LogP contribution in [0.4, 0.5) is 0 Å². The van der Waals surface area contributed by atoms with E-state index in [9.17, 15) is 9.59 Å². The van der Waals surface area contributed by atoms with E-state index in [0.29, 0.717) is 13.0 Å². The van der Waals surface area contributed by atoms with E-state index >= 15 is 0 Å². The molecule has 5 nitrogen and oxygen atoms in total. The van der Waals surface area contributed by atoms with E-state index in [1.54, 1.807) is 7.11 Å². The van der Waals surface area contributed by atoms with Gasteiger partial charge < -0.3 is 14.8 Å². The Morgan fingerprint density at radius 2 is 1.95 bits per heavy atom. The van der Waals surface area contributed by atoms with Crippen LogP contribution in [0.2, 0.25) is 0 Å². The number of methoxy groups -OCH3 is 1. The molecule has 120 valence electrons. The fourth-order valence-electron chi connectivity index (χ4n) is 2.71. The number of rotatable bonds is 7. The summed E-state index contributed by atoms with van der Waals surface area (Å²) in [7, 11) is 1.62. The highest BCUT2D eigenvalue weighted by atomic mass is 16.5. The Balaban J connectivity index is 1.66. The van der Waals surface area contributed by atoms with Crippen molar-refractivity contribution in [3.8, 4) is 5.75 Å². The van der Waals surface area contributed by atoms with Crippen molar-refractivity contribution in [1.82, 2.24) is 5.32 Å². The smallest absolute Gasteiger partial charge is 0.309 e. The normalized spacial score (nSPS) is 14.6. The molecule has 22 heavy (non-hydrogen) atoms. The molecule has 1 saturated carbocycles. The van der Waals surface area contributed by atoms with Gasteiger partial charge >= 0.3 is 5.97 Å². The average molecular weight is 305 g/mol. The highest BCUT2D eigenvalue weighted by Gasteiger charge is 2.24. The third-order valence-electron chi connectivity index (χ3n) is 3.94. The second-order valence-corrected chi connectivity index (χ2v) is 5.50. The van der Waals surface area contributed by atoms with Gasteiger partial charge in [-0.3, -0.25) is 9.59 Å². The lowest BCUT2D eigenvalue weighted by molar-refractivity contribution is -0.152. The Labute approximate surface area is 131 Å². The monoisotopic (exact) mass is 305 g/mol. The molecule has 0 aromatic heterocycles. The van der Waals surface area contributed by atoms with Crippen LogP contribution in [0.5, 0.6) is 5.75 Å². The van der Waals surface area contributed by atoms with Gasteiger partial charge in [-0.1, -0.05) is 31.0 Å². The van der Waals surface area contributed by atoms with Crippen LogP contribution in [0.1, 0.15) is 31.2 Å². The molecule has 0 spiro atoms. The zero-order chi connectivity index (χ0) is 15.8. The van der Waals surface area contributed by atoms with Gasteiger partial charge in [0.25, 0.3) is 5.91 Å². The number of amides is 1. The fraction of sp³-hybridized carbons (Fsp3) is 0.529. The molecular formula is C17H23NO4. The number of nitrogens with one attached hydrogen (secondary N) is 1. The van der Waals surface area contributed by atoms with Crippen molar-refractivity contribution in [2.75, 3.05) is 20.3 Å². The summed E-state index contributed by atoms with van der Waals surface area (Å²) in [5.74, 6) is 0.296. The highest BCUT2D eigenvalue weighted by Crippen LogP contribution is 2.25. The van der Waals surface area contributed by atoms with Crippen molar-refractivity contribution in [1.29, 1.82) is 0 Å². The minimum Gasteiger partial charge on any atom is -0.496 e. The van der Waals surface area contributed by atoms with E-state index in [1.165, 1.54) is 0 Å². The van der Waals surface area contributed by atoms with Crippen LogP contribution >= 0.6 is 0 Å². The number of benzene rings is 1. The van der Waals surface area contributed by atoms with Gasteiger partial charge in [-0.2, -0.15) is 0 Å². The number of hydrogen-bond acceptors (Lipinski definition) is 4. The van der Waals surface area contributed by atoms with E-state index in [-0.39, 0.29) is 24.4 Å². The van der Waals surface area contributed by atoms with Crippen molar-refractivity contribution in [3.63, 3.8) is 0 Å². The molecule has 1 aliphatic rings. The van der Waals surface area contributed by atoms with Gasteiger partial charge in [0, 0.05) is 6.54 Å². The highest BCUT2D eigenvalue weighted by molar-refractivity contribution is 5.81. The Bertz CT molecular complexity index is 509. The van der Waals surface area contributed by atoms with Crippen molar-refractivity contribution in [2.24, 2.45) is 5.92 Å². The van der Waals surface area contributed by atoms with Crippen LogP contribution in [0.25, 0.3) is 0 Å². The molecular weight excluding hydrogens is 282 g/mol. The van der Waals surface area contributed by atoms with Crippen LogP contribution in [-0.4, -0.2) is 32.1 Å². The lowest BCUT2D eigenvalue weighted by Crippen LogP contribution is -2.31. The van der Waals surface area contributed by atoms with E-state index in [2.05, 4.69) is 5.32 Å². The maximum absolute atomic E-state index is 11.7. The summed E-state index contributed by atoms with van der Waals surface area (Å²) in [5.41, 5.74) is 1.04. The zero-order valence-electron chi connectivity index (χ0n) is 13.0. The fourth-order valence-corrected chi connectivity index (χ4v) is 2.71. The first kappa shape index (κ1) is 16.3. The Kier molecular flexibility index (Phi) is 6.25. The summed E-state index contributed by atoms with van der Waals surface area (Å²) in [6.07, 6.45) is 4.59. The van der Waals surface area contributed by atoms with Gasteiger partial charge in [-0.05, 0) is 30.9 Å². The van der Waals surface area contributed by atoms with Gasteiger partial charge in [-0.25, -0.2) is 0 Å². The second kappa shape index (κ2) is 8.41. The van der Waals surface area contributed by atoms with E-state index < -0.39 is 0 Å². The molecule has 5 heteroatoms. The van der Waals surface area contributed by atoms with Crippen LogP contribution in [0, 0.1) is 5.92 Å². The number of hydrogen-bond donors (Lipinski definition) is 1. The van der Waals surface area contributed by atoms with Gasteiger partial charge in [0.1, 0.15) is 5.75 Å². The largest absolute Gasteiger partial charge is 0.496 e. The summed E-state index contributed by atoms with van der Waals surface area (Å²) in [4.78, 5) is 23.4. The Hall–Kier alpha value is -2.04. The molecule has 0 atom stereocenters. The molecule has 1 aliphatic carbocycles. The lowest BCUT2D eigenvalue weighted by Gasteiger charge is -2.11. The van der Waals surface area contributed by atoms with Gasteiger partial charge in [0.15, 0.2) is 6.61 Å². The quantitative estimate of drug-likeness (QED) is 0.783. The van der Waals surface area contributed by atoms with Crippen molar-refractivity contribution >= 4 is 11.9 Å². The molecule has 0 heterocycles. The third kappa shape index (κ3) is 4.76. The SMILES string of the molecule is COc1ccccc1CCNC(=O)COC(=O)C1CCCC1. The molecule has 0 radical (unpaired) electrons. The predicted octanol–water partition coefficient (Wildman–Crippen LogP) is 2.09. The van der Waals surface area contributed by atoms with Gasteiger partial charge in [0.2, 0.25) is 0 Å². The van der Waals surface area contributed by atoms with Crippen LogP contribution in [0.15, 0.2) is 24.3 Å². The molecule has 1 aromatic carbocycles. The third-order valence-corrected chi connectivity index (χ3v) is 3.94. The number of ether oxygens (including phenoxy) is 2. The van der Waals surface area contributed by atoms with Crippen molar-refractivity contribution in [2.45, 2.75) is 32.1 Å². The molecule has 0 unspecified atom stereocenters. The standard InChI is InChI=1S/C17H23NO4/c1-21-15-9-5-4-6-13(15)10-11-18-16(19)12-22-17(20)14-7-2-3-8-14/h4-6,9,14H,2-3,7-8,10-12H2,1H3,(H,18,19). The average Bonchev–Trinajstić information content (AvgIpc) is 3.07. The Morgan fingerprint density at radius 1 is 1.23 bits per heavy atom. The minimum atomic E-state index is -0.263. The molecule has 1 aromatic rings. The summed E-state index contributed by atoms with van der Waals surface area (Å²) in [5, 5.41) is 2.76. The predicted molar refractivity (Wildman–Crippen MR) is 82.6 cm³/mol. The minimum absolute atomic E-state index is 0.0126. The molecule has 1 amide bonds. The van der Waals surface area contributed by atoms with Crippen LogP contribution < -0.4 is 10.1 Å². The summed E-state index contributed by atoms with van der Waals surface area (Å²) >= 11 is 0. The van der Waals surface area contributed by atoms with Gasteiger partial charge in [0.05, 0.1) is 13.0 Å². The molecule has 1 N–H and O–H groups in total. The number of esters is 1. The lowest BCUT2D eigenvalue weighted by atomic mass is 10.1. The molecule has 2 rings (SSSR count). The summed E-state index contributed by atoms with van der Waals surface area (Å²) in [6.45, 7) is 0.293. The molecule has 0 saturated heterocycles. The number of carbonyl (C=O) groups excluding carboxylic acids is 2. The van der Waals surface area contributed by atoms with Crippen LogP contribution in [0.3, 0.4) is 0 Å². The van der Waals surface area contributed by atoms with Gasteiger partial charge in [-0.15, -0.1) is 0 Å².